The molecule has 2 rings (SSSR count). The van der Waals surface area contributed by atoms with Gasteiger partial charge in [0.15, 0.2) is 0 Å². The molecule has 0 bridgehead atoms. The Morgan fingerprint density at radius 1 is 1.15 bits per heavy atom. The number of hydrogen-bond donors (Lipinski definition) is 1. The van der Waals surface area contributed by atoms with Gasteiger partial charge in [-0.15, -0.1) is 0 Å². The largest absolute Gasteiger partial charge is 0.480 e. The van der Waals surface area contributed by atoms with Crippen molar-refractivity contribution in [1.82, 2.24) is 4.90 Å². The van der Waals surface area contributed by atoms with Crippen molar-refractivity contribution in [2.45, 2.75) is 76.7 Å². The molecule has 4 heteroatoms. The van der Waals surface area contributed by atoms with E-state index in [4.69, 9.17) is 0 Å². The highest BCUT2D eigenvalue weighted by atomic mass is 16.4. The SMILES string of the molecule is CC1(C(=O)O)CCCCN1C(=O)CCC1CCCCC1. The van der Waals surface area contributed by atoms with Crippen molar-refractivity contribution >= 4 is 11.9 Å². The quantitative estimate of drug-likeness (QED) is 0.861. The van der Waals surface area contributed by atoms with Crippen molar-refractivity contribution in [3.05, 3.63) is 0 Å². The second-order valence-electron chi connectivity index (χ2n) is 6.62. The maximum Gasteiger partial charge on any atom is 0.329 e. The summed E-state index contributed by atoms with van der Waals surface area (Å²) >= 11 is 0. The van der Waals surface area contributed by atoms with E-state index in [0.717, 1.165) is 19.3 Å². The number of carboxylic acids is 1. The monoisotopic (exact) mass is 281 g/mol. The topological polar surface area (TPSA) is 57.6 Å². The van der Waals surface area contributed by atoms with Crippen LogP contribution in [0.25, 0.3) is 0 Å². The van der Waals surface area contributed by atoms with Crippen LogP contribution in [0, 0.1) is 5.92 Å². The normalized spacial score (nSPS) is 28.4. The van der Waals surface area contributed by atoms with Crippen LogP contribution in [0.15, 0.2) is 0 Å². The predicted molar refractivity (Wildman–Crippen MR) is 77.4 cm³/mol. The van der Waals surface area contributed by atoms with E-state index in [2.05, 4.69) is 0 Å². The van der Waals surface area contributed by atoms with Gasteiger partial charge in [-0.2, -0.15) is 0 Å². The molecule has 4 nitrogen and oxygen atoms in total. The minimum Gasteiger partial charge on any atom is -0.480 e. The van der Waals surface area contributed by atoms with Gasteiger partial charge in [0.25, 0.3) is 0 Å². The zero-order valence-corrected chi connectivity index (χ0v) is 12.6. The van der Waals surface area contributed by atoms with E-state index in [9.17, 15) is 14.7 Å². The van der Waals surface area contributed by atoms with E-state index < -0.39 is 11.5 Å². The fraction of sp³-hybridized carbons (Fsp3) is 0.875. The maximum absolute atomic E-state index is 12.4. The summed E-state index contributed by atoms with van der Waals surface area (Å²) in [5.41, 5.74) is -0.984. The summed E-state index contributed by atoms with van der Waals surface area (Å²) in [5.74, 6) is -0.142. The van der Waals surface area contributed by atoms with Gasteiger partial charge in [0.1, 0.15) is 5.54 Å². The van der Waals surface area contributed by atoms with E-state index in [1.54, 1.807) is 11.8 Å². The van der Waals surface area contributed by atoms with Crippen molar-refractivity contribution in [2.24, 2.45) is 5.92 Å². The lowest BCUT2D eigenvalue weighted by Gasteiger charge is -2.42. The number of nitrogens with zero attached hydrogens (tertiary/aromatic N) is 1. The van der Waals surface area contributed by atoms with Crippen LogP contribution in [0.1, 0.15) is 71.1 Å². The lowest BCUT2D eigenvalue weighted by atomic mass is 9.85. The molecule has 2 aliphatic rings. The summed E-state index contributed by atoms with van der Waals surface area (Å²) in [6.45, 7) is 2.30. The van der Waals surface area contributed by atoms with Crippen molar-refractivity contribution in [3.63, 3.8) is 0 Å². The lowest BCUT2D eigenvalue weighted by molar-refractivity contribution is -0.161. The Balaban J connectivity index is 1.90. The van der Waals surface area contributed by atoms with E-state index in [0.29, 0.717) is 25.3 Å². The average Bonchev–Trinajstić information content (AvgIpc) is 2.46. The number of carbonyl (C=O) groups is 2. The first kappa shape index (κ1) is 15.3. The number of hydrogen-bond acceptors (Lipinski definition) is 2. The van der Waals surface area contributed by atoms with Crippen LogP contribution in [0.2, 0.25) is 0 Å². The van der Waals surface area contributed by atoms with Gasteiger partial charge in [0, 0.05) is 13.0 Å². The van der Waals surface area contributed by atoms with Crippen LogP contribution in [-0.2, 0) is 9.59 Å². The molecule has 114 valence electrons. The maximum atomic E-state index is 12.4. The molecule has 1 N–H and O–H groups in total. The fourth-order valence-corrected chi connectivity index (χ4v) is 3.68. The molecule has 0 radical (unpaired) electrons. The number of likely N-dealkylation sites (tertiary alicyclic amines) is 1. The van der Waals surface area contributed by atoms with Crippen molar-refractivity contribution in [3.8, 4) is 0 Å². The highest BCUT2D eigenvalue weighted by molar-refractivity contribution is 5.87. The minimum absolute atomic E-state index is 0.0418. The highest BCUT2D eigenvalue weighted by Crippen LogP contribution is 2.31. The summed E-state index contributed by atoms with van der Waals surface area (Å²) in [5, 5.41) is 9.44. The molecule has 1 saturated carbocycles. The first-order chi connectivity index (χ1) is 9.54. The zero-order chi connectivity index (χ0) is 14.6. The van der Waals surface area contributed by atoms with Crippen LogP contribution >= 0.6 is 0 Å². The molecule has 1 atom stereocenters. The van der Waals surface area contributed by atoms with E-state index in [1.807, 2.05) is 0 Å². The fourth-order valence-electron chi connectivity index (χ4n) is 3.68. The van der Waals surface area contributed by atoms with Gasteiger partial charge in [-0.05, 0) is 38.5 Å². The molecule has 1 aliphatic carbocycles. The van der Waals surface area contributed by atoms with Gasteiger partial charge < -0.3 is 10.0 Å². The Kier molecular flexibility index (Phi) is 5.06. The smallest absolute Gasteiger partial charge is 0.329 e. The second-order valence-corrected chi connectivity index (χ2v) is 6.62. The average molecular weight is 281 g/mol. The third-order valence-corrected chi connectivity index (χ3v) is 5.14. The van der Waals surface area contributed by atoms with Gasteiger partial charge in [-0.3, -0.25) is 4.79 Å². The Bertz CT molecular complexity index is 363. The molecule has 20 heavy (non-hydrogen) atoms. The summed E-state index contributed by atoms with van der Waals surface area (Å²) < 4.78 is 0. The zero-order valence-electron chi connectivity index (χ0n) is 12.6. The predicted octanol–water partition coefficient (Wildman–Crippen LogP) is 3.20. The summed E-state index contributed by atoms with van der Waals surface area (Å²) in [7, 11) is 0. The standard InChI is InChI=1S/C16H27NO3/c1-16(15(19)20)11-5-6-12-17(16)14(18)10-9-13-7-3-2-4-8-13/h13H,2-12H2,1H3,(H,19,20). The molecule has 0 spiro atoms. The van der Waals surface area contributed by atoms with Crippen LogP contribution in [0.3, 0.4) is 0 Å². The minimum atomic E-state index is -0.984. The molecular weight excluding hydrogens is 254 g/mol. The molecule has 1 aliphatic heterocycles. The summed E-state index contributed by atoms with van der Waals surface area (Å²) in [6.07, 6.45) is 10.2. The Hall–Kier alpha value is -1.06. The molecule has 0 aromatic carbocycles. The second kappa shape index (κ2) is 6.59. The number of carboxylic acid groups (broad SMARTS) is 1. The van der Waals surface area contributed by atoms with Crippen molar-refractivity contribution in [1.29, 1.82) is 0 Å². The van der Waals surface area contributed by atoms with E-state index in [-0.39, 0.29) is 5.91 Å². The van der Waals surface area contributed by atoms with Gasteiger partial charge in [0.2, 0.25) is 5.91 Å². The van der Waals surface area contributed by atoms with Crippen molar-refractivity contribution < 1.29 is 14.7 Å². The van der Waals surface area contributed by atoms with Crippen LogP contribution in [0.4, 0.5) is 0 Å². The number of aliphatic carboxylic acids is 1. The van der Waals surface area contributed by atoms with Gasteiger partial charge >= 0.3 is 5.97 Å². The summed E-state index contributed by atoms with van der Waals surface area (Å²) in [4.78, 5) is 25.6. The molecule has 1 unspecified atom stereocenters. The van der Waals surface area contributed by atoms with Gasteiger partial charge in [-0.1, -0.05) is 32.1 Å². The molecule has 2 fully saturated rings. The Morgan fingerprint density at radius 2 is 1.85 bits per heavy atom. The van der Waals surface area contributed by atoms with Crippen LogP contribution in [0.5, 0.6) is 0 Å². The molecule has 0 aromatic rings. The first-order valence-electron chi connectivity index (χ1n) is 8.08. The molecular formula is C16H27NO3. The third kappa shape index (κ3) is 3.33. The molecule has 1 saturated heterocycles. The number of amides is 1. The number of piperidine rings is 1. The van der Waals surface area contributed by atoms with Gasteiger partial charge in [-0.25, -0.2) is 4.79 Å². The molecule has 1 heterocycles. The van der Waals surface area contributed by atoms with E-state index in [1.165, 1.54) is 32.1 Å². The first-order valence-corrected chi connectivity index (χ1v) is 8.08. The van der Waals surface area contributed by atoms with Crippen LogP contribution < -0.4 is 0 Å². The number of rotatable bonds is 4. The van der Waals surface area contributed by atoms with Crippen LogP contribution in [-0.4, -0.2) is 34.0 Å². The Labute approximate surface area is 121 Å². The molecule has 0 aromatic heterocycles. The van der Waals surface area contributed by atoms with E-state index >= 15 is 0 Å². The summed E-state index contributed by atoms with van der Waals surface area (Å²) in [6, 6.07) is 0. The Morgan fingerprint density at radius 3 is 2.50 bits per heavy atom. The third-order valence-electron chi connectivity index (χ3n) is 5.14. The molecule has 1 amide bonds. The number of carbonyl (C=O) groups excluding carboxylic acids is 1. The highest BCUT2D eigenvalue weighted by Gasteiger charge is 2.43. The van der Waals surface area contributed by atoms with Crippen molar-refractivity contribution in [2.75, 3.05) is 6.54 Å². The van der Waals surface area contributed by atoms with Gasteiger partial charge in [0.05, 0.1) is 0 Å². The lowest BCUT2D eigenvalue weighted by Crippen LogP contribution is -2.57.